The lowest BCUT2D eigenvalue weighted by Crippen LogP contribution is -1.99. The summed E-state index contributed by atoms with van der Waals surface area (Å²) in [7, 11) is 0. The number of nitrogens with zero attached hydrogens (tertiary/aromatic N) is 2. The van der Waals surface area contributed by atoms with Crippen LogP contribution in [0, 0.1) is 28.7 Å². The van der Waals surface area contributed by atoms with Crippen molar-refractivity contribution in [3.05, 3.63) is 57.8 Å². The van der Waals surface area contributed by atoms with Crippen LogP contribution >= 0.6 is 0 Å². The second-order valence-corrected chi connectivity index (χ2v) is 3.68. The Kier molecular flexibility index (Phi) is 3.01. The molecule has 4 nitrogen and oxygen atoms in total. The average Bonchev–Trinajstić information content (AvgIpc) is 2.32. The van der Waals surface area contributed by atoms with Crippen molar-refractivity contribution in [3.63, 3.8) is 0 Å². The predicted octanol–water partition coefficient (Wildman–Crippen LogP) is 3.24. The molecule has 0 fully saturated rings. The lowest BCUT2D eigenvalue weighted by atomic mass is 10.1. The molecular formula is C12H8F2N2O2. The molecule has 92 valence electrons. The number of benzene rings is 1. The molecule has 0 atom stereocenters. The highest BCUT2D eigenvalue weighted by molar-refractivity contribution is 5.71. The van der Waals surface area contributed by atoms with Crippen molar-refractivity contribution >= 4 is 5.69 Å². The molecule has 0 saturated heterocycles. The van der Waals surface area contributed by atoms with E-state index >= 15 is 0 Å². The van der Waals surface area contributed by atoms with Crippen molar-refractivity contribution in [2.75, 3.05) is 0 Å². The summed E-state index contributed by atoms with van der Waals surface area (Å²) in [4.78, 5) is 14.1. The second-order valence-electron chi connectivity index (χ2n) is 3.68. The molecule has 2 aromatic rings. The molecule has 1 aromatic carbocycles. The van der Waals surface area contributed by atoms with Gasteiger partial charge in [-0.25, -0.2) is 13.8 Å². The maximum absolute atomic E-state index is 13.6. The maximum atomic E-state index is 13.6. The Labute approximate surface area is 101 Å². The largest absolute Gasteiger partial charge is 0.298 e. The average molecular weight is 250 g/mol. The summed E-state index contributed by atoms with van der Waals surface area (Å²) in [6.07, 6.45) is 1.32. The van der Waals surface area contributed by atoms with E-state index in [1.165, 1.54) is 31.3 Å². The highest BCUT2D eigenvalue weighted by atomic mass is 19.2. The van der Waals surface area contributed by atoms with E-state index in [0.717, 1.165) is 6.07 Å². The van der Waals surface area contributed by atoms with E-state index < -0.39 is 16.6 Å². The van der Waals surface area contributed by atoms with Gasteiger partial charge in [0, 0.05) is 17.3 Å². The molecule has 0 aliphatic rings. The number of pyridine rings is 1. The van der Waals surface area contributed by atoms with E-state index in [-0.39, 0.29) is 16.9 Å². The van der Waals surface area contributed by atoms with Crippen LogP contribution in [0.3, 0.4) is 0 Å². The summed E-state index contributed by atoms with van der Waals surface area (Å²) in [6.45, 7) is 1.51. The summed E-state index contributed by atoms with van der Waals surface area (Å²) in [5, 5.41) is 11.0. The van der Waals surface area contributed by atoms with Crippen LogP contribution in [0.1, 0.15) is 5.56 Å². The Hall–Kier alpha value is -2.37. The van der Waals surface area contributed by atoms with Crippen molar-refractivity contribution < 1.29 is 13.7 Å². The molecule has 0 radical (unpaired) electrons. The summed E-state index contributed by atoms with van der Waals surface area (Å²) in [5.41, 5.74) is -0.363. The molecule has 1 heterocycles. The van der Waals surface area contributed by atoms with Crippen molar-refractivity contribution in [2.45, 2.75) is 6.92 Å². The Balaban J connectivity index is 2.75. The zero-order valence-corrected chi connectivity index (χ0v) is 9.35. The van der Waals surface area contributed by atoms with Crippen LogP contribution in [-0.2, 0) is 0 Å². The molecule has 0 amide bonds. The van der Waals surface area contributed by atoms with E-state index in [1.807, 2.05) is 0 Å². The van der Waals surface area contributed by atoms with E-state index in [1.54, 1.807) is 0 Å². The number of hydrogen-bond donors (Lipinski definition) is 0. The smallest absolute Gasteiger partial charge is 0.258 e. The molecule has 0 aliphatic carbocycles. The molecule has 2 rings (SSSR count). The second kappa shape index (κ2) is 4.48. The van der Waals surface area contributed by atoms with Crippen LogP contribution < -0.4 is 0 Å². The molecule has 18 heavy (non-hydrogen) atoms. The van der Waals surface area contributed by atoms with Gasteiger partial charge in [0.15, 0.2) is 17.3 Å². The van der Waals surface area contributed by atoms with Gasteiger partial charge in [0.05, 0.1) is 4.92 Å². The Morgan fingerprint density at radius 3 is 2.67 bits per heavy atom. The highest BCUT2D eigenvalue weighted by Crippen LogP contribution is 2.32. The zero-order valence-electron chi connectivity index (χ0n) is 9.35. The van der Waals surface area contributed by atoms with E-state index in [4.69, 9.17) is 0 Å². The number of hydrogen-bond acceptors (Lipinski definition) is 3. The lowest BCUT2D eigenvalue weighted by molar-refractivity contribution is -0.385. The molecule has 1 aromatic heterocycles. The fourth-order valence-electron chi connectivity index (χ4n) is 1.66. The minimum Gasteiger partial charge on any atom is -0.258 e. The molecule has 0 N–H and O–H groups in total. The fourth-order valence-corrected chi connectivity index (χ4v) is 1.66. The molecule has 0 spiro atoms. The van der Waals surface area contributed by atoms with Gasteiger partial charge < -0.3 is 0 Å². The van der Waals surface area contributed by atoms with Crippen molar-refractivity contribution in [3.8, 4) is 11.3 Å². The summed E-state index contributed by atoms with van der Waals surface area (Å²) < 4.78 is 26.8. The Morgan fingerprint density at radius 2 is 2.00 bits per heavy atom. The van der Waals surface area contributed by atoms with Crippen LogP contribution in [0.2, 0.25) is 0 Å². The van der Waals surface area contributed by atoms with Crippen molar-refractivity contribution in [2.24, 2.45) is 0 Å². The molecular weight excluding hydrogens is 242 g/mol. The minimum absolute atomic E-state index is 0.169. The van der Waals surface area contributed by atoms with Gasteiger partial charge in [-0.1, -0.05) is 6.07 Å². The molecule has 0 aliphatic heterocycles. The van der Waals surface area contributed by atoms with E-state index in [9.17, 15) is 18.9 Å². The summed E-state index contributed by atoms with van der Waals surface area (Å²) in [5.74, 6) is -2.20. The van der Waals surface area contributed by atoms with Gasteiger partial charge in [0.1, 0.15) is 0 Å². The number of nitro groups is 1. The fraction of sp³-hybridized carbons (Fsp3) is 0.0833. The van der Waals surface area contributed by atoms with Crippen LogP contribution in [0.25, 0.3) is 11.3 Å². The summed E-state index contributed by atoms with van der Waals surface area (Å²) in [6, 6.07) is 4.92. The first-order chi connectivity index (χ1) is 8.52. The lowest BCUT2D eigenvalue weighted by Gasteiger charge is -2.05. The summed E-state index contributed by atoms with van der Waals surface area (Å²) >= 11 is 0. The number of halogens is 2. The Morgan fingerprint density at radius 1 is 1.28 bits per heavy atom. The third-order valence-corrected chi connectivity index (χ3v) is 2.52. The van der Waals surface area contributed by atoms with Gasteiger partial charge in [-0.15, -0.1) is 0 Å². The van der Waals surface area contributed by atoms with Crippen molar-refractivity contribution in [1.82, 2.24) is 4.98 Å². The highest BCUT2D eigenvalue weighted by Gasteiger charge is 2.23. The maximum Gasteiger partial charge on any atom is 0.298 e. The minimum atomic E-state index is -1.14. The zero-order chi connectivity index (χ0) is 13.3. The number of aromatic nitrogens is 1. The molecule has 0 saturated carbocycles. The van der Waals surface area contributed by atoms with Gasteiger partial charge in [0.25, 0.3) is 5.69 Å². The van der Waals surface area contributed by atoms with Crippen molar-refractivity contribution in [1.29, 1.82) is 0 Å². The van der Waals surface area contributed by atoms with E-state index in [2.05, 4.69) is 4.98 Å². The predicted molar refractivity (Wildman–Crippen MR) is 61.0 cm³/mol. The monoisotopic (exact) mass is 250 g/mol. The third-order valence-electron chi connectivity index (χ3n) is 2.52. The Bertz CT molecular complexity index is 629. The standard InChI is InChI=1S/C12H8F2N2O2/c1-7-5-6-15-11(12(7)16(17)18)8-3-2-4-9(13)10(8)14/h2-6H,1H3. The molecule has 0 bridgehead atoms. The number of rotatable bonds is 2. The van der Waals surface area contributed by atoms with Gasteiger partial charge >= 0.3 is 0 Å². The third kappa shape index (κ3) is 1.92. The van der Waals surface area contributed by atoms with Crippen LogP contribution in [-0.4, -0.2) is 9.91 Å². The first-order valence-electron chi connectivity index (χ1n) is 5.06. The van der Waals surface area contributed by atoms with Crippen LogP contribution in [0.5, 0.6) is 0 Å². The SMILES string of the molecule is Cc1ccnc(-c2cccc(F)c2F)c1[N+](=O)[O-]. The van der Waals surface area contributed by atoms with Gasteiger partial charge in [-0.05, 0) is 25.1 Å². The quantitative estimate of drug-likeness (QED) is 0.607. The van der Waals surface area contributed by atoms with Gasteiger partial charge in [-0.3, -0.25) is 10.1 Å². The van der Waals surface area contributed by atoms with Gasteiger partial charge in [-0.2, -0.15) is 0 Å². The number of aryl methyl sites for hydroxylation is 1. The van der Waals surface area contributed by atoms with Crippen LogP contribution in [0.4, 0.5) is 14.5 Å². The first-order valence-corrected chi connectivity index (χ1v) is 5.06. The van der Waals surface area contributed by atoms with Crippen LogP contribution in [0.15, 0.2) is 30.5 Å². The van der Waals surface area contributed by atoms with Gasteiger partial charge in [0.2, 0.25) is 0 Å². The molecule has 6 heteroatoms. The topological polar surface area (TPSA) is 56.0 Å². The first kappa shape index (κ1) is 12.1. The molecule has 0 unspecified atom stereocenters. The van der Waals surface area contributed by atoms with E-state index in [0.29, 0.717) is 5.56 Å². The normalized spacial score (nSPS) is 10.4.